The molecule has 0 aliphatic carbocycles. The Balaban J connectivity index is 0.996. The third-order valence-electron chi connectivity index (χ3n) is 10.9. The normalized spacial score (nSPS) is 11.5. The average Bonchev–Trinajstić information content (AvgIpc) is 3.89. The van der Waals surface area contributed by atoms with Crippen molar-refractivity contribution in [2.45, 2.75) is 0 Å². The van der Waals surface area contributed by atoms with Gasteiger partial charge in [-0.2, -0.15) is 0 Å². The summed E-state index contributed by atoms with van der Waals surface area (Å²) in [6.07, 6.45) is 0. The first-order valence-electron chi connectivity index (χ1n) is 19.2. The number of oxazole rings is 1. The SMILES string of the molecule is c1ccc(-c2ccc(N(c3ccccc3)c3ccc(-c4ccc5c(c4)oc4c(-c6cccc7nc(-c8ccccc8)oc67)c6ccccc6cc45)cc3)cc2)cc1. The minimum Gasteiger partial charge on any atom is -0.455 e. The van der Waals surface area contributed by atoms with Gasteiger partial charge in [-0.1, -0.05) is 133 Å². The maximum absolute atomic E-state index is 6.90. The summed E-state index contributed by atoms with van der Waals surface area (Å²) in [6.45, 7) is 0. The van der Waals surface area contributed by atoms with Gasteiger partial charge in [-0.3, -0.25) is 0 Å². The lowest BCUT2D eigenvalue weighted by molar-refractivity contribution is 0.620. The predicted octanol–water partition coefficient (Wildman–Crippen LogP) is 15.0. The molecule has 0 atom stereocenters. The van der Waals surface area contributed by atoms with Crippen molar-refractivity contribution in [3.05, 3.63) is 206 Å². The molecule has 11 aromatic rings. The maximum atomic E-state index is 6.90. The summed E-state index contributed by atoms with van der Waals surface area (Å²) in [5.41, 5.74) is 14.0. The van der Waals surface area contributed by atoms with Gasteiger partial charge in [0.05, 0.1) is 0 Å². The van der Waals surface area contributed by atoms with Crippen LogP contribution >= 0.6 is 0 Å². The average molecular weight is 731 g/mol. The lowest BCUT2D eigenvalue weighted by atomic mass is 9.94. The molecule has 2 aromatic heterocycles. The van der Waals surface area contributed by atoms with Gasteiger partial charge in [0, 0.05) is 44.5 Å². The van der Waals surface area contributed by atoms with Crippen LogP contribution in [0.25, 0.3) is 88.6 Å². The highest BCUT2D eigenvalue weighted by Gasteiger charge is 2.21. The molecule has 268 valence electrons. The minimum atomic E-state index is 0.600. The third-order valence-corrected chi connectivity index (χ3v) is 10.9. The predicted molar refractivity (Wildman–Crippen MR) is 235 cm³/mol. The second kappa shape index (κ2) is 13.6. The smallest absolute Gasteiger partial charge is 0.227 e. The van der Waals surface area contributed by atoms with Crippen molar-refractivity contribution in [3.63, 3.8) is 0 Å². The number of fused-ring (bicyclic) bond motifs is 5. The van der Waals surface area contributed by atoms with Gasteiger partial charge in [0.2, 0.25) is 5.89 Å². The van der Waals surface area contributed by atoms with Crippen LogP contribution in [0.5, 0.6) is 0 Å². The van der Waals surface area contributed by atoms with Gasteiger partial charge in [-0.25, -0.2) is 4.98 Å². The molecule has 0 bridgehead atoms. The third kappa shape index (κ3) is 5.74. The fourth-order valence-corrected chi connectivity index (χ4v) is 8.13. The van der Waals surface area contributed by atoms with E-state index in [1.165, 1.54) is 11.1 Å². The summed E-state index contributed by atoms with van der Waals surface area (Å²) in [5.74, 6) is 0.600. The summed E-state index contributed by atoms with van der Waals surface area (Å²) in [7, 11) is 0. The molecule has 0 spiro atoms. The van der Waals surface area contributed by atoms with Gasteiger partial charge in [0.1, 0.15) is 16.7 Å². The van der Waals surface area contributed by atoms with Crippen molar-refractivity contribution < 1.29 is 8.83 Å². The first-order valence-corrected chi connectivity index (χ1v) is 19.2. The molecular formula is C53H34N2O2. The zero-order chi connectivity index (χ0) is 37.7. The molecule has 0 aliphatic rings. The molecule has 0 amide bonds. The van der Waals surface area contributed by atoms with Crippen LogP contribution in [-0.2, 0) is 0 Å². The Morgan fingerprint density at radius 1 is 0.368 bits per heavy atom. The van der Waals surface area contributed by atoms with E-state index < -0.39 is 0 Å². The first-order chi connectivity index (χ1) is 28.2. The van der Waals surface area contributed by atoms with Crippen LogP contribution in [0, 0.1) is 0 Å². The quantitative estimate of drug-likeness (QED) is 0.164. The molecule has 0 saturated heterocycles. The summed E-state index contributed by atoms with van der Waals surface area (Å²) < 4.78 is 13.4. The highest BCUT2D eigenvalue weighted by molar-refractivity contribution is 6.20. The van der Waals surface area contributed by atoms with Gasteiger partial charge >= 0.3 is 0 Å². The van der Waals surface area contributed by atoms with Crippen molar-refractivity contribution in [1.82, 2.24) is 4.98 Å². The van der Waals surface area contributed by atoms with E-state index in [4.69, 9.17) is 13.8 Å². The number of hydrogen-bond acceptors (Lipinski definition) is 4. The lowest BCUT2D eigenvalue weighted by Crippen LogP contribution is -2.09. The lowest BCUT2D eigenvalue weighted by Gasteiger charge is -2.26. The van der Waals surface area contributed by atoms with Gasteiger partial charge < -0.3 is 13.7 Å². The monoisotopic (exact) mass is 730 g/mol. The van der Waals surface area contributed by atoms with E-state index in [0.29, 0.717) is 5.89 Å². The van der Waals surface area contributed by atoms with E-state index in [1.54, 1.807) is 0 Å². The highest BCUT2D eigenvalue weighted by atomic mass is 16.3. The minimum absolute atomic E-state index is 0.600. The van der Waals surface area contributed by atoms with Crippen molar-refractivity contribution in [2.24, 2.45) is 0 Å². The summed E-state index contributed by atoms with van der Waals surface area (Å²) in [6, 6.07) is 72.1. The Hall–Kier alpha value is -7.69. The zero-order valence-electron chi connectivity index (χ0n) is 30.8. The molecule has 4 nitrogen and oxygen atoms in total. The zero-order valence-corrected chi connectivity index (χ0v) is 30.8. The van der Waals surface area contributed by atoms with Crippen LogP contribution in [0.4, 0.5) is 17.1 Å². The Labute approximate surface area is 329 Å². The number of nitrogens with zero attached hydrogens (tertiary/aromatic N) is 2. The first kappa shape index (κ1) is 32.7. The van der Waals surface area contributed by atoms with Gasteiger partial charge in [-0.05, 0) is 106 Å². The molecular weight excluding hydrogens is 697 g/mol. The molecule has 0 radical (unpaired) electrons. The molecule has 9 aromatic carbocycles. The van der Waals surface area contributed by atoms with E-state index in [1.807, 2.05) is 42.5 Å². The standard InChI is InChI=1S/C53H34N2O2/c1-4-13-35(14-5-1)36-23-28-42(29-24-36)55(41-18-8-3-9-19-41)43-30-25-37(26-31-43)39-27-32-45-47-33-40-17-10-11-20-44(40)50(52(47)56-49(45)34-39)46-21-12-22-48-51(46)57-53(54-48)38-15-6-2-7-16-38/h1-34H. The maximum Gasteiger partial charge on any atom is 0.227 e. The molecule has 0 fully saturated rings. The fraction of sp³-hybridized carbons (Fsp3) is 0. The molecule has 57 heavy (non-hydrogen) atoms. The fourth-order valence-electron chi connectivity index (χ4n) is 8.13. The molecule has 0 N–H and O–H groups in total. The number of anilines is 3. The Morgan fingerprint density at radius 2 is 0.947 bits per heavy atom. The highest BCUT2D eigenvalue weighted by Crippen LogP contribution is 2.45. The van der Waals surface area contributed by atoms with E-state index in [0.717, 1.165) is 88.7 Å². The molecule has 0 unspecified atom stereocenters. The summed E-state index contributed by atoms with van der Waals surface area (Å²) in [4.78, 5) is 7.18. The number of hydrogen-bond donors (Lipinski definition) is 0. The summed E-state index contributed by atoms with van der Waals surface area (Å²) in [5, 5.41) is 4.38. The molecule has 0 aliphatic heterocycles. The van der Waals surface area contributed by atoms with E-state index in [-0.39, 0.29) is 0 Å². The molecule has 11 rings (SSSR count). The topological polar surface area (TPSA) is 42.4 Å². The number of benzene rings is 9. The second-order valence-corrected chi connectivity index (χ2v) is 14.3. The van der Waals surface area contributed by atoms with Crippen molar-refractivity contribution in [1.29, 1.82) is 0 Å². The summed E-state index contributed by atoms with van der Waals surface area (Å²) >= 11 is 0. The number of rotatable bonds is 7. The molecule has 2 heterocycles. The van der Waals surface area contributed by atoms with Crippen molar-refractivity contribution >= 4 is 60.9 Å². The number of para-hydroxylation sites is 2. The van der Waals surface area contributed by atoms with Crippen LogP contribution < -0.4 is 4.90 Å². The van der Waals surface area contributed by atoms with Crippen LogP contribution in [0.3, 0.4) is 0 Å². The van der Waals surface area contributed by atoms with Crippen LogP contribution in [0.2, 0.25) is 0 Å². The number of aromatic nitrogens is 1. The molecule has 4 heteroatoms. The Morgan fingerprint density at radius 3 is 1.67 bits per heavy atom. The second-order valence-electron chi connectivity index (χ2n) is 14.3. The van der Waals surface area contributed by atoms with E-state index in [2.05, 4.69) is 169 Å². The van der Waals surface area contributed by atoms with E-state index >= 15 is 0 Å². The van der Waals surface area contributed by atoms with Crippen LogP contribution in [-0.4, -0.2) is 4.98 Å². The van der Waals surface area contributed by atoms with E-state index in [9.17, 15) is 0 Å². The van der Waals surface area contributed by atoms with Crippen LogP contribution in [0.15, 0.2) is 215 Å². The van der Waals surface area contributed by atoms with Gasteiger partial charge in [0.15, 0.2) is 5.58 Å². The van der Waals surface area contributed by atoms with Gasteiger partial charge in [0.25, 0.3) is 0 Å². The Bertz CT molecular complexity index is 3200. The molecule has 0 saturated carbocycles. The van der Waals surface area contributed by atoms with Crippen molar-refractivity contribution in [3.8, 4) is 44.8 Å². The number of furan rings is 1. The van der Waals surface area contributed by atoms with Crippen LogP contribution in [0.1, 0.15) is 0 Å². The largest absolute Gasteiger partial charge is 0.455 e. The Kier molecular flexibility index (Phi) is 7.78. The van der Waals surface area contributed by atoms with Gasteiger partial charge in [-0.15, -0.1) is 0 Å². The van der Waals surface area contributed by atoms with Crippen molar-refractivity contribution in [2.75, 3.05) is 4.90 Å².